The summed E-state index contributed by atoms with van der Waals surface area (Å²) in [5, 5.41) is 0.525. The molecule has 0 aliphatic heterocycles. The minimum atomic E-state index is -0.407. The molecule has 0 fully saturated rings. The van der Waals surface area contributed by atoms with Gasteiger partial charge in [0.25, 0.3) is 5.56 Å². The molecular weight excluding hydrogens is 378 g/mol. The third-order valence-electron chi connectivity index (χ3n) is 5.16. The molecule has 1 aromatic carbocycles. The number of hydrogen-bond donors (Lipinski definition) is 0. The molecule has 0 aliphatic carbocycles. The summed E-state index contributed by atoms with van der Waals surface area (Å²) in [5.41, 5.74) is 1.78. The third-order valence-corrected chi connectivity index (χ3v) is 5.53. The monoisotopic (exact) mass is 399 g/mol. The fourth-order valence-corrected chi connectivity index (χ4v) is 3.78. The Balaban J connectivity index is 1.98. The molecular formula is C20H22ClN5O2. The fraction of sp³-hybridized carbons (Fsp3) is 0.350. The Kier molecular flexibility index (Phi) is 4.63. The van der Waals surface area contributed by atoms with E-state index in [0.717, 1.165) is 30.6 Å². The Morgan fingerprint density at radius 1 is 1.14 bits per heavy atom. The second-order valence-corrected chi connectivity index (χ2v) is 7.46. The third kappa shape index (κ3) is 2.77. The first-order valence-electron chi connectivity index (χ1n) is 9.35. The molecule has 0 unspecified atom stereocenters. The maximum atomic E-state index is 13.3. The van der Waals surface area contributed by atoms with Crippen LogP contribution < -0.4 is 11.2 Å². The normalized spacial score (nSPS) is 11.7. The molecule has 8 heteroatoms. The van der Waals surface area contributed by atoms with Crippen molar-refractivity contribution in [3.8, 4) is 0 Å². The van der Waals surface area contributed by atoms with Crippen molar-refractivity contribution in [2.45, 2.75) is 39.8 Å². The zero-order valence-electron chi connectivity index (χ0n) is 16.1. The van der Waals surface area contributed by atoms with E-state index < -0.39 is 5.69 Å². The van der Waals surface area contributed by atoms with Gasteiger partial charge in [-0.25, -0.2) is 4.79 Å². The van der Waals surface area contributed by atoms with Crippen LogP contribution in [0.1, 0.15) is 31.0 Å². The predicted molar refractivity (Wildman–Crippen MR) is 110 cm³/mol. The average molecular weight is 400 g/mol. The molecule has 0 saturated heterocycles. The Morgan fingerprint density at radius 3 is 2.61 bits per heavy atom. The zero-order chi connectivity index (χ0) is 20.0. The molecule has 4 aromatic rings. The topological polar surface area (TPSA) is 66.2 Å². The van der Waals surface area contributed by atoms with Gasteiger partial charge in [-0.1, -0.05) is 43.1 Å². The standard InChI is InChI=1S/C20H22ClN5O2/c1-4-5-10-24-13(2)11-25-16-17(22-19(24)25)23(3)20(28)26(18(16)27)12-14-8-6-7-9-15(14)21/h6-9,11H,4-5,10,12H2,1-3H3. The molecule has 0 amide bonds. The number of nitrogens with zero attached hydrogens (tertiary/aromatic N) is 5. The van der Waals surface area contributed by atoms with E-state index in [-0.39, 0.29) is 12.1 Å². The predicted octanol–water partition coefficient (Wildman–Crippen LogP) is 2.96. The molecule has 28 heavy (non-hydrogen) atoms. The highest BCUT2D eigenvalue weighted by atomic mass is 35.5. The summed E-state index contributed by atoms with van der Waals surface area (Å²) in [4.78, 5) is 30.8. The lowest BCUT2D eigenvalue weighted by molar-refractivity contribution is 0.631. The van der Waals surface area contributed by atoms with E-state index in [1.807, 2.05) is 31.3 Å². The van der Waals surface area contributed by atoms with E-state index in [9.17, 15) is 9.59 Å². The van der Waals surface area contributed by atoms with Gasteiger partial charge >= 0.3 is 5.69 Å². The highest BCUT2D eigenvalue weighted by Crippen LogP contribution is 2.18. The number of rotatable bonds is 5. The van der Waals surface area contributed by atoms with Crippen molar-refractivity contribution in [1.82, 2.24) is 23.1 Å². The number of unbranched alkanes of at least 4 members (excludes halogenated alkanes) is 1. The van der Waals surface area contributed by atoms with Crippen molar-refractivity contribution in [2.24, 2.45) is 7.05 Å². The highest BCUT2D eigenvalue weighted by Gasteiger charge is 2.20. The molecule has 0 N–H and O–H groups in total. The number of hydrogen-bond acceptors (Lipinski definition) is 3. The second-order valence-electron chi connectivity index (χ2n) is 7.05. The number of benzene rings is 1. The van der Waals surface area contributed by atoms with Gasteiger partial charge in [0.15, 0.2) is 11.2 Å². The Hall–Kier alpha value is -2.80. The maximum Gasteiger partial charge on any atom is 0.332 e. The van der Waals surface area contributed by atoms with Gasteiger partial charge in [0.05, 0.1) is 6.54 Å². The smallest absolute Gasteiger partial charge is 0.314 e. The summed E-state index contributed by atoms with van der Waals surface area (Å²) in [6.07, 6.45) is 3.99. The van der Waals surface area contributed by atoms with Crippen LogP contribution in [0.25, 0.3) is 16.9 Å². The van der Waals surface area contributed by atoms with Crippen LogP contribution in [-0.2, 0) is 20.1 Å². The van der Waals surface area contributed by atoms with Crippen LogP contribution >= 0.6 is 11.6 Å². The van der Waals surface area contributed by atoms with E-state index in [2.05, 4.69) is 16.5 Å². The lowest BCUT2D eigenvalue weighted by Gasteiger charge is -2.09. The van der Waals surface area contributed by atoms with Gasteiger partial charge in [0, 0.05) is 30.5 Å². The lowest BCUT2D eigenvalue weighted by Crippen LogP contribution is -2.39. The van der Waals surface area contributed by atoms with Crippen LogP contribution in [0.4, 0.5) is 0 Å². The summed E-state index contributed by atoms with van der Waals surface area (Å²) in [7, 11) is 1.64. The van der Waals surface area contributed by atoms with Crippen LogP contribution in [0.15, 0.2) is 40.1 Å². The zero-order valence-corrected chi connectivity index (χ0v) is 16.9. The average Bonchev–Trinajstić information content (AvgIpc) is 3.18. The van der Waals surface area contributed by atoms with Crippen LogP contribution in [0.3, 0.4) is 0 Å². The molecule has 7 nitrogen and oxygen atoms in total. The van der Waals surface area contributed by atoms with Crippen molar-refractivity contribution < 1.29 is 0 Å². The van der Waals surface area contributed by atoms with E-state index >= 15 is 0 Å². The first-order chi connectivity index (χ1) is 13.4. The molecule has 3 aromatic heterocycles. The summed E-state index contributed by atoms with van der Waals surface area (Å²) in [6.45, 7) is 5.07. The van der Waals surface area contributed by atoms with Gasteiger partial charge in [-0.3, -0.25) is 18.3 Å². The van der Waals surface area contributed by atoms with Crippen LogP contribution in [-0.4, -0.2) is 23.1 Å². The molecule has 0 atom stereocenters. The number of aryl methyl sites for hydroxylation is 3. The number of fused-ring (bicyclic) bond motifs is 3. The number of imidazole rings is 2. The SMILES string of the molecule is CCCCn1c(C)cn2c3c(=O)n(Cc4ccccc4Cl)c(=O)n(C)c3nc12. The molecule has 3 heterocycles. The van der Waals surface area contributed by atoms with E-state index in [1.165, 1.54) is 9.13 Å². The van der Waals surface area contributed by atoms with Gasteiger partial charge in [0.2, 0.25) is 5.78 Å². The lowest BCUT2D eigenvalue weighted by atomic mass is 10.2. The van der Waals surface area contributed by atoms with Crippen molar-refractivity contribution in [1.29, 1.82) is 0 Å². The fourth-order valence-electron chi connectivity index (χ4n) is 3.58. The van der Waals surface area contributed by atoms with E-state index in [4.69, 9.17) is 11.6 Å². The Labute approximate surface area is 166 Å². The minimum absolute atomic E-state index is 0.115. The van der Waals surface area contributed by atoms with E-state index in [1.54, 1.807) is 17.5 Å². The minimum Gasteiger partial charge on any atom is -0.314 e. The van der Waals surface area contributed by atoms with Crippen LogP contribution in [0.5, 0.6) is 0 Å². The Bertz CT molecular complexity index is 1310. The van der Waals surface area contributed by atoms with Crippen molar-refractivity contribution in [2.75, 3.05) is 0 Å². The molecule has 0 bridgehead atoms. The van der Waals surface area contributed by atoms with Crippen LogP contribution in [0.2, 0.25) is 5.02 Å². The summed E-state index contributed by atoms with van der Waals surface area (Å²) in [6, 6.07) is 7.22. The summed E-state index contributed by atoms with van der Waals surface area (Å²) >= 11 is 6.24. The van der Waals surface area contributed by atoms with Gasteiger partial charge < -0.3 is 4.57 Å². The van der Waals surface area contributed by atoms with Crippen LogP contribution in [0, 0.1) is 6.92 Å². The van der Waals surface area contributed by atoms with Crippen molar-refractivity contribution in [3.05, 3.63) is 67.6 Å². The number of aromatic nitrogens is 5. The largest absolute Gasteiger partial charge is 0.332 e. The summed E-state index contributed by atoms with van der Waals surface area (Å²) in [5.74, 6) is 0.684. The Morgan fingerprint density at radius 2 is 1.89 bits per heavy atom. The van der Waals surface area contributed by atoms with Gasteiger partial charge in [-0.05, 0) is 25.0 Å². The van der Waals surface area contributed by atoms with E-state index in [0.29, 0.717) is 22.0 Å². The van der Waals surface area contributed by atoms with Crippen molar-refractivity contribution in [3.63, 3.8) is 0 Å². The first-order valence-corrected chi connectivity index (χ1v) is 9.73. The highest BCUT2D eigenvalue weighted by molar-refractivity contribution is 6.31. The molecule has 0 spiro atoms. The quantitative estimate of drug-likeness (QED) is 0.518. The molecule has 0 aliphatic rings. The molecule has 0 radical (unpaired) electrons. The first kappa shape index (κ1) is 18.6. The van der Waals surface area contributed by atoms with Gasteiger partial charge in [0.1, 0.15) is 0 Å². The molecule has 4 rings (SSSR count). The van der Waals surface area contributed by atoms with Gasteiger partial charge in [-0.15, -0.1) is 0 Å². The van der Waals surface area contributed by atoms with Crippen molar-refractivity contribution >= 4 is 28.5 Å². The summed E-state index contributed by atoms with van der Waals surface area (Å²) < 4.78 is 6.54. The molecule has 0 saturated carbocycles. The second kappa shape index (κ2) is 6.98. The molecule has 146 valence electrons. The number of halogens is 1. The van der Waals surface area contributed by atoms with Gasteiger partial charge in [-0.2, -0.15) is 4.98 Å². The maximum absolute atomic E-state index is 13.3.